The standard InChI is InChI=1S/C14H15F6PSi/c15-13(16,17)10-7-11(14(18,19)20)9-12(8-10)22-4-1-21(2-5-22)3-6-22/h7-9H,1-6H2. The molecule has 0 spiro atoms. The average Bonchev–Trinajstić information content (AvgIpc) is 2.47. The number of hydrogen-bond donors (Lipinski definition) is 0. The van der Waals surface area contributed by atoms with Gasteiger partial charge in [0.1, 0.15) is 0 Å². The molecule has 3 fully saturated rings. The predicted molar refractivity (Wildman–Crippen MR) is 77.8 cm³/mol. The quantitative estimate of drug-likeness (QED) is 0.382. The van der Waals surface area contributed by atoms with Crippen LogP contribution < -0.4 is 5.19 Å². The fourth-order valence-electron chi connectivity index (χ4n) is 3.52. The van der Waals surface area contributed by atoms with E-state index in [4.69, 9.17) is 0 Å². The van der Waals surface area contributed by atoms with Crippen LogP contribution in [0.15, 0.2) is 18.2 Å². The molecule has 0 atom stereocenters. The minimum atomic E-state index is -4.74. The molecule has 0 aromatic heterocycles. The van der Waals surface area contributed by atoms with E-state index < -0.39 is 31.6 Å². The molecule has 3 aliphatic rings. The van der Waals surface area contributed by atoms with Crippen LogP contribution in [0.3, 0.4) is 0 Å². The Bertz CT molecular complexity index is 526. The van der Waals surface area contributed by atoms with E-state index in [1.807, 2.05) is 0 Å². The highest BCUT2D eigenvalue weighted by molar-refractivity contribution is 7.59. The van der Waals surface area contributed by atoms with E-state index >= 15 is 0 Å². The maximum absolute atomic E-state index is 13.0. The molecular formula is C14H15F6PSi. The molecule has 0 radical (unpaired) electrons. The minimum absolute atomic E-state index is 0.00405. The Balaban J connectivity index is 2.10. The molecule has 0 amide bonds. The third-order valence-electron chi connectivity index (χ3n) is 4.92. The van der Waals surface area contributed by atoms with Crippen molar-refractivity contribution in [1.82, 2.24) is 0 Å². The molecule has 1 aromatic rings. The lowest BCUT2D eigenvalue weighted by Crippen LogP contribution is -2.54. The van der Waals surface area contributed by atoms with Crippen LogP contribution in [0.25, 0.3) is 0 Å². The van der Waals surface area contributed by atoms with Crippen LogP contribution >= 0.6 is 7.92 Å². The van der Waals surface area contributed by atoms with Crippen LogP contribution in [0.5, 0.6) is 0 Å². The Hall–Kier alpha value is -0.553. The van der Waals surface area contributed by atoms with E-state index in [0.29, 0.717) is 5.19 Å². The summed E-state index contributed by atoms with van der Waals surface area (Å²) in [6.07, 6.45) is -6.40. The van der Waals surface area contributed by atoms with Crippen molar-refractivity contribution in [2.24, 2.45) is 0 Å². The molecule has 1 aromatic carbocycles. The first kappa shape index (κ1) is 16.3. The first-order valence-corrected chi connectivity index (χ1v) is 11.6. The maximum Gasteiger partial charge on any atom is 0.416 e. The lowest BCUT2D eigenvalue weighted by molar-refractivity contribution is -0.142. The molecule has 0 unspecified atom stereocenters. The molecule has 8 heteroatoms. The molecule has 0 N–H and O–H groups in total. The number of fused-ring (bicyclic) bond motifs is 3. The third-order valence-corrected chi connectivity index (χ3v) is 13.9. The van der Waals surface area contributed by atoms with Crippen LogP contribution in [-0.2, 0) is 12.4 Å². The zero-order valence-corrected chi connectivity index (χ0v) is 13.6. The van der Waals surface area contributed by atoms with Crippen LogP contribution in [0.4, 0.5) is 26.3 Å². The fourth-order valence-corrected chi connectivity index (χ4v) is 15.7. The lowest BCUT2D eigenvalue weighted by Gasteiger charge is -2.46. The summed E-state index contributed by atoms with van der Waals surface area (Å²) in [6.45, 7) is 0. The number of halogens is 6. The molecule has 22 heavy (non-hydrogen) atoms. The molecule has 0 saturated carbocycles. The summed E-state index contributed by atoms with van der Waals surface area (Å²) in [5.41, 5.74) is -2.31. The summed E-state index contributed by atoms with van der Waals surface area (Å²) in [5, 5.41) is 0.365. The van der Waals surface area contributed by atoms with Gasteiger partial charge in [0.2, 0.25) is 0 Å². The van der Waals surface area contributed by atoms with Gasteiger partial charge in [-0.15, -0.1) is 7.92 Å². The van der Waals surface area contributed by atoms with Crippen molar-refractivity contribution >= 4 is 21.2 Å². The Labute approximate surface area is 126 Å². The maximum atomic E-state index is 13.0. The Kier molecular flexibility index (Phi) is 3.88. The van der Waals surface area contributed by atoms with Crippen LogP contribution in [-0.4, -0.2) is 26.6 Å². The molecule has 3 heterocycles. The van der Waals surface area contributed by atoms with E-state index in [1.54, 1.807) is 0 Å². The van der Waals surface area contributed by atoms with Gasteiger partial charge in [-0.3, -0.25) is 0 Å². The fraction of sp³-hybridized carbons (Fsp3) is 0.571. The van der Waals surface area contributed by atoms with Gasteiger partial charge in [-0.1, -0.05) is 17.3 Å². The zero-order chi connectivity index (χ0) is 16.2. The van der Waals surface area contributed by atoms with Gasteiger partial charge in [0, 0.05) is 0 Å². The van der Waals surface area contributed by atoms with E-state index in [9.17, 15) is 26.3 Å². The lowest BCUT2D eigenvalue weighted by atomic mass is 10.1. The largest absolute Gasteiger partial charge is 0.416 e. The molecule has 0 aliphatic carbocycles. The summed E-state index contributed by atoms with van der Waals surface area (Å²) >= 11 is 0. The summed E-state index contributed by atoms with van der Waals surface area (Å²) < 4.78 is 78.0. The molecule has 3 saturated heterocycles. The molecule has 3 aliphatic heterocycles. The van der Waals surface area contributed by atoms with Gasteiger partial charge in [-0.05, 0) is 42.7 Å². The summed E-state index contributed by atoms with van der Waals surface area (Å²) in [5.74, 6) is 0. The summed E-state index contributed by atoms with van der Waals surface area (Å²) in [6, 6.07) is 4.82. The molecule has 122 valence electrons. The van der Waals surface area contributed by atoms with Gasteiger partial charge < -0.3 is 0 Å². The number of rotatable bonds is 1. The van der Waals surface area contributed by atoms with Crippen molar-refractivity contribution < 1.29 is 26.3 Å². The molecule has 4 rings (SSSR count). The molecule has 2 bridgehead atoms. The second kappa shape index (κ2) is 5.23. The average molecular weight is 356 g/mol. The number of benzene rings is 1. The highest BCUT2D eigenvalue weighted by Gasteiger charge is 2.46. The van der Waals surface area contributed by atoms with E-state index in [0.717, 1.165) is 48.8 Å². The first-order valence-electron chi connectivity index (χ1n) is 7.13. The highest BCUT2D eigenvalue weighted by atomic mass is 31.1. The minimum Gasteiger partial charge on any atom is -0.166 e. The van der Waals surface area contributed by atoms with Crippen molar-refractivity contribution in [3.63, 3.8) is 0 Å². The van der Waals surface area contributed by atoms with Gasteiger partial charge in [0.05, 0.1) is 19.2 Å². The highest BCUT2D eigenvalue weighted by Crippen LogP contribution is 2.53. The van der Waals surface area contributed by atoms with E-state index in [1.165, 1.54) is 0 Å². The van der Waals surface area contributed by atoms with Crippen molar-refractivity contribution in [1.29, 1.82) is 0 Å². The predicted octanol–water partition coefficient (Wildman–Crippen LogP) is 4.89. The van der Waals surface area contributed by atoms with Crippen LogP contribution in [0, 0.1) is 0 Å². The van der Waals surface area contributed by atoms with Gasteiger partial charge in [-0.2, -0.15) is 26.3 Å². The second-order valence-corrected chi connectivity index (χ2v) is 13.5. The monoisotopic (exact) mass is 356 g/mol. The van der Waals surface area contributed by atoms with E-state index in [-0.39, 0.29) is 14.0 Å². The van der Waals surface area contributed by atoms with Gasteiger partial charge in [0.15, 0.2) is 0 Å². The summed E-state index contributed by atoms with van der Waals surface area (Å²) in [4.78, 5) is 0. The van der Waals surface area contributed by atoms with Gasteiger partial charge in [-0.25, -0.2) is 0 Å². The summed E-state index contributed by atoms with van der Waals surface area (Å²) in [7, 11) is -2.17. The Morgan fingerprint density at radius 2 is 1.14 bits per heavy atom. The van der Waals surface area contributed by atoms with E-state index in [2.05, 4.69) is 0 Å². The smallest absolute Gasteiger partial charge is 0.166 e. The van der Waals surface area contributed by atoms with Crippen molar-refractivity contribution in [3.8, 4) is 0 Å². The molecule has 0 nitrogen and oxygen atoms in total. The van der Waals surface area contributed by atoms with Gasteiger partial charge >= 0.3 is 12.4 Å². The van der Waals surface area contributed by atoms with Crippen LogP contribution in [0.1, 0.15) is 11.1 Å². The SMILES string of the molecule is FC(F)(F)c1cc(C(F)(F)F)cc([Si]23CCP(CC2)CC3)c1. The Morgan fingerprint density at radius 3 is 1.50 bits per heavy atom. The van der Waals surface area contributed by atoms with Crippen LogP contribution in [0.2, 0.25) is 18.1 Å². The second-order valence-electron chi connectivity index (χ2n) is 6.17. The van der Waals surface area contributed by atoms with Crippen molar-refractivity contribution in [2.45, 2.75) is 30.5 Å². The van der Waals surface area contributed by atoms with Gasteiger partial charge in [0.25, 0.3) is 0 Å². The third kappa shape index (κ3) is 2.94. The van der Waals surface area contributed by atoms with Crippen molar-refractivity contribution in [3.05, 3.63) is 29.3 Å². The topological polar surface area (TPSA) is 0 Å². The number of hydrogen-bond acceptors (Lipinski definition) is 0. The first-order chi connectivity index (χ1) is 10.1. The normalized spacial score (nSPS) is 28.9. The Morgan fingerprint density at radius 1 is 0.727 bits per heavy atom. The molecular weight excluding hydrogens is 341 g/mol. The van der Waals surface area contributed by atoms with Crippen molar-refractivity contribution in [2.75, 3.05) is 18.5 Å². The number of alkyl halides is 6. The zero-order valence-electron chi connectivity index (χ0n) is 11.7.